The summed E-state index contributed by atoms with van der Waals surface area (Å²) < 4.78 is 322. The van der Waals surface area contributed by atoms with Gasteiger partial charge in [-0.15, -0.1) is 85.9 Å². The summed E-state index contributed by atoms with van der Waals surface area (Å²) in [6.45, 7) is 3.30. The summed E-state index contributed by atoms with van der Waals surface area (Å²) in [5, 5.41) is 0. The number of hydrogen-bond donors (Lipinski definition) is 0. The van der Waals surface area contributed by atoms with Gasteiger partial charge in [-0.05, 0) is 75.4 Å². The van der Waals surface area contributed by atoms with Crippen molar-refractivity contribution >= 4 is 102 Å². The molecule has 0 aliphatic rings. The van der Waals surface area contributed by atoms with Gasteiger partial charge in [-0.25, -0.2) is 50.5 Å². The summed E-state index contributed by atoms with van der Waals surface area (Å²) in [4.78, 5) is -6.51. The van der Waals surface area contributed by atoms with Gasteiger partial charge < -0.3 is 32.6 Å². The first kappa shape index (κ1) is 102. The third-order valence-electron chi connectivity index (χ3n) is 11.4. The van der Waals surface area contributed by atoms with Gasteiger partial charge in [-0.3, -0.25) is 0 Å². The van der Waals surface area contributed by atoms with Crippen molar-refractivity contribution < 1.29 is 266 Å². The minimum absolute atomic E-state index is 0. The number of ether oxygens (including phenoxy) is 4. The maximum atomic E-state index is 15.6. The molecule has 0 unspecified atom stereocenters. The largest absolute Gasteiger partial charge is 1.00 e. The van der Waals surface area contributed by atoms with E-state index in [2.05, 4.69) is 24.3 Å². The Morgan fingerprint density at radius 2 is 0.650 bits per heavy atom. The Balaban J connectivity index is -0.00000181. The predicted molar refractivity (Wildman–Crippen MR) is 307 cm³/mol. The van der Waals surface area contributed by atoms with Crippen molar-refractivity contribution in [3.05, 3.63) is 175 Å². The molecule has 8 aromatic carbocycles. The molecule has 0 N–H and O–H groups in total. The molecular formula is C52H35Li7O31S10. The average Bonchev–Trinajstić information content (AvgIpc) is 0.752. The van der Waals surface area contributed by atoms with Crippen LogP contribution >= 0.6 is 0 Å². The Labute approximate surface area is 663 Å². The molecule has 0 atom stereocenters. The van der Waals surface area contributed by atoms with Crippen LogP contribution in [0.5, 0.6) is 34.5 Å². The molecule has 48 heteroatoms. The zero-order valence-electron chi connectivity index (χ0n) is 53.5. The van der Waals surface area contributed by atoms with Gasteiger partial charge in [-0.1, -0.05) is 37.1 Å². The Bertz CT molecular complexity index is 5280. The van der Waals surface area contributed by atoms with Crippen LogP contribution < -0.4 is 151 Å². The van der Waals surface area contributed by atoms with Crippen LogP contribution in [0.4, 0.5) is 0 Å². The summed E-state index contributed by atoms with van der Waals surface area (Å²) in [6.07, 6.45) is 0. The minimum Gasteiger partial charge on any atom is -0.744 e. The van der Waals surface area contributed by atoms with Crippen molar-refractivity contribution in [2.24, 2.45) is 0 Å². The molecule has 0 saturated heterocycles. The molecule has 0 aliphatic heterocycles. The van der Waals surface area contributed by atoms with E-state index >= 15 is 8.42 Å². The van der Waals surface area contributed by atoms with E-state index in [0.29, 0.717) is 22.8 Å². The standard InChI is InChI=1S/C52H38O19S6.7Li.4O3S/c1-32-5-16-39(17-6-32)72(53,54)41-20-25-46(70-37-13-9-34(10-14-37)35-11-23-44(68-3)50(27-35)75(59,60)61)49(30-41)74(57,58)48-29-38(15-22-43(48)36-12-24-45(69-4)51(28-36)76(62,63)64)71-47-26-21-42(31-52(47)77(65,66)67)73(55,56)40-18-7-33(2)8-19-40;;;;;;;;4*1-4(2)3/h5,7,9-13,15-28,30-31H,1-4H3,(H,59,60,61)(H,62,63,64)(H,65,66,67);;;;;;;;;;;/q-4;7*+1;;;;/p-3. The van der Waals surface area contributed by atoms with Gasteiger partial charge >= 0.3 is 174 Å². The average molecular weight is 1530 g/mol. The van der Waals surface area contributed by atoms with E-state index < -0.39 is 165 Å². The summed E-state index contributed by atoms with van der Waals surface area (Å²) in [6, 6.07) is 36.3. The second-order valence-electron chi connectivity index (χ2n) is 17.3. The van der Waals surface area contributed by atoms with Crippen molar-refractivity contribution in [2.45, 2.75) is 57.9 Å². The van der Waals surface area contributed by atoms with Crippen LogP contribution in [0.1, 0.15) is 11.1 Å². The van der Waals surface area contributed by atoms with Gasteiger partial charge in [0.25, 0.3) is 0 Å². The number of hydrogen-bond acceptors (Lipinski definition) is 31. The molecule has 0 aliphatic carbocycles. The van der Waals surface area contributed by atoms with Crippen LogP contribution in [0.2, 0.25) is 0 Å². The number of methoxy groups -OCH3 is 2. The summed E-state index contributed by atoms with van der Waals surface area (Å²) in [5.41, 5.74) is 0.940. The van der Waals surface area contributed by atoms with E-state index in [0.717, 1.165) is 79.9 Å². The van der Waals surface area contributed by atoms with Crippen LogP contribution in [0.15, 0.2) is 184 Å². The number of rotatable bonds is 17. The van der Waals surface area contributed by atoms with Gasteiger partial charge in [0.2, 0.25) is 0 Å². The fourth-order valence-corrected chi connectivity index (χ4v) is 13.7. The quantitative estimate of drug-likeness (QED) is 0.0464. The molecule has 0 spiro atoms. The first-order valence-electron chi connectivity index (χ1n) is 23.7. The molecule has 0 heterocycles. The third-order valence-corrected chi connectivity index (χ3v) is 19.2. The van der Waals surface area contributed by atoms with Crippen LogP contribution in [0, 0.1) is 38.1 Å². The van der Waals surface area contributed by atoms with E-state index in [1.165, 1.54) is 67.8 Å². The second kappa shape index (κ2) is 43.5. The molecule has 8 aromatic rings. The molecule has 0 fully saturated rings. The molecular weight excluding hydrogens is 1490 g/mol. The van der Waals surface area contributed by atoms with E-state index in [1.807, 2.05) is 0 Å². The smallest absolute Gasteiger partial charge is 0.744 e. The van der Waals surface area contributed by atoms with E-state index in [9.17, 15) is 55.7 Å². The van der Waals surface area contributed by atoms with Crippen LogP contribution in [-0.4, -0.2) is 129 Å². The minimum atomic E-state index is -5.59. The maximum absolute atomic E-state index is 15.6. The molecule has 31 nitrogen and oxygen atoms in total. The SMILES string of the molecule is COc1ccc(-c2c[c-]c(Oc3ccc(S(=O)(=O)c4c[c-]c(C)cc4)cc3S(=O)(=O)c3[c-]c(Oc4ccc(S(=O)(=O)c5c[c-]c(C)cc5)cc4S(=O)(=O)[O-])ccc3-c3ccc(OC)c(S(=O)(=O)[O-])c3)cc2)cc1S(=O)(=O)[O-].O=S(=O)=O.O=S(=O)=O.O=S(=O)=O.O=S(=O)=O.[Li+].[Li+].[Li+].[Li+].[Li+].[Li+].[Li+]. The van der Waals surface area contributed by atoms with Gasteiger partial charge in [0.05, 0.1) is 38.7 Å². The first-order valence-corrected chi connectivity index (χ1v) is 36.4. The van der Waals surface area contributed by atoms with Crippen LogP contribution in [0.25, 0.3) is 22.3 Å². The monoisotopic (exact) mass is 1520 g/mol. The van der Waals surface area contributed by atoms with Gasteiger partial charge in [0.15, 0.2) is 29.5 Å². The van der Waals surface area contributed by atoms with Crippen molar-refractivity contribution in [1.29, 1.82) is 0 Å². The molecule has 0 aromatic heterocycles. The second-order valence-corrected chi connectivity index (χ2v) is 28.7. The first-order chi connectivity index (χ1) is 42.9. The zero-order chi connectivity index (χ0) is 70.4. The fourth-order valence-electron chi connectivity index (χ4n) is 7.51. The summed E-state index contributed by atoms with van der Waals surface area (Å²) in [5.74, 6) is -2.90. The molecule has 8 rings (SSSR count). The van der Waals surface area contributed by atoms with E-state index in [1.54, 1.807) is 13.8 Å². The molecule has 0 saturated carbocycles. The van der Waals surface area contributed by atoms with E-state index in [4.69, 9.17) is 69.5 Å². The van der Waals surface area contributed by atoms with Gasteiger partial charge in [0, 0.05) is 11.5 Å². The van der Waals surface area contributed by atoms with Crippen molar-refractivity contribution in [2.75, 3.05) is 14.2 Å². The molecule has 0 amide bonds. The third kappa shape index (κ3) is 29.4. The summed E-state index contributed by atoms with van der Waals surface area (Å²) in [7, 11) is -40.5. The molecule has 496 valence electrons. The van der Waals surface area contributed by atoms with Gasteiger partial charge in [0.1, 0.15) is 58.2 Å². The zero-order valence-corrected chi connectivity index (χ0v) is 61.7. The van der Waals surface area contributed by atoms with Crippen molar-refractivity contribution in [3.63, 3.8) is 0 Å². The number of benzene rings is 8. The number of aryl methyl sites for hydroxylation is 2. The van der Waals surface area contributed by atoms with E-state index in [-0.39, 0.29) is 164 Å². The molecule has 0 radical (unpaired) electrons. The summed E-state index contributed by atoms with van der Waals surface area (Å²) >= 11 is 0. The Morgan fingerprint density at radius 3 is 1.01 bits per heavy atom. The Hall–Kier alpha value is -4.80. The molecule has 100 heavy (non-hydrogen) atoms. The Morgan fingerprint density at radius 1 is 0.330 bits per heavy atom. The fraction of sp³-hybridized carbons (Fsp3) is 0.0769. The number of sulfone groups is 3. The van der Waals surface area contributed by atoms with Crippen molar-refractivity contribution in [1.82, 2.24) is 0 Å². The predicted octanol–water partition coefficient (Wildman–Crippen LogP) is -17.3. The maximum Gasteiger partial charge on any atom is 1.00 e. The topological polar surface area (TPSA) is 516 Å². The normalized spacial score (nSPS) is 10.6. The van der Waals surface area contributed by atoms with Crippen molar-refractivity contribution in [3.8, 4) is 56.8 Å². The Kier molecular flexibility index (Phi) is 44.2. The van der Waals surface area contributed by atoms with Crippen LogP contribution in [-0.2, 0) is 102 Å². The van der Waals surface area contributed by atoms with Gasteiger partial charge in [-0.2, -0.15) is 77.9 Å². The molecule has 0 bridgehead atoms. The van der Waals surface area contributed by atoms with Crippen LogP contribution in [0.3, 0.4) is 0 Å².